The van der Waals surface area contributed by atoms with Crippen LogP contribution in [0.25, 0.3) is 0 Å². The number of unbranched alkanes of at least 4 members (excludes halogenated alkanes) is 1. The molecule has 0 aliphatic rings. The van der Waals surface area contributed by atoms with Crippen LogP contribution in [0.3, 0.4) is 0 Å². The molecule has 2 aromatic rings. The molecular formula is C18H23NO2. The van der Waals surface area contributed by atoms with Gasteiger partial charge < -0.3 is 10.8 Å². The molecule has 0 radical (unpaired) electrons. The van der Waals surface area contributed by atoms with Gasteiger partial charge in [-0.1, -0.05) is 74.0 Å². The van der Waals surface area contributed by atoms with Gasteiger partial charge in [-0.25, -0.2) is 0 Å². The highest BCUT2D eigenvalue weighted by molar-refractivity contribution is 5.66. The van der Waals surface area contributed by atoms with E-state index in [1.165, 1.54) is 0 Å². The van der Waals surface area contributed by atoms with Crippen LogP contribution in [-0.2, 0) is 4.79 Å². The molecule has 2 rings (SSSR count). The smallest absolute Gasteiger partial charge is 0.303 e. The molecule has 0 amide bonds. The van der Waals surface area contributed by atoms with Crippen LogP contribution in [0, 0.1) is 0 Å². The largest absolute Gasteiger partial charge is 0.481 e. The third kappa shape index (κ3) is 6.72. The molecule has 0 spiro atoms. The van der Waals surface area contributed by atoms with E-state index in [0.717, 1.165) is 24.0 Å². The van der Waals surface area contributed by atoms with E-state index in [0.29, 0.717) is 6.42 Å². The second-order valence-corrected chi connectivity index (χ2v) is 4.80. The van der Waals surface area contributed by atoms with Gasteiger partial charge >= 0.3 is 5.97 Å². The van der Waals surface area contributed by atoms with Gasteiger partial charge in [-0.15, -0.1) is 0 Å². The SMILES string of the molecule is CCCCC(=O)O.NC(c1ccccc1)c1ccccc1. The summed E-state index contributed by atoms with van der Waals surface area (Å²) in [5.74, 6) is -0.693. The normalized spacial score (nSPS) is 9.86. The van der Waals surface area contributed by atoms with Gasteiger partial charge in [-0.3, -0.25) is 4.79 Å². The van der Waals surface area contributed by atoms with Crippen molar-refractivity contribution in [3.63, 3.8) is 0 Å². The molecular weight excluding hydrogens is 262 g/mol. The topological polar surface area (TPSA) is 63.3 Å². The van der Waals surface area contributed by atoms with Crippen molar-refractivity contribution in [2.75, 3.05) is 0 Å². The minimum absolute atomic E-state index is 0.0163. The number of hydrogen-bond acceptors (Lipinski definition) is 2. The molecule has 3 heteroatoms. The lowest BCUT2D eigenvalue weighted by molar-refractivity contribution is -0.137. The average Bonchev–Trinajstić information content (AvgIpc) is 2.54. The molecule has 0 saturated carbocycles. The fraction of sp³-hybridized carbons (Fsp3) is 0.278. The Kier molecular flexibility index (Phi) is 7.84. The van der Waals surface area contributed by atoms with E-state index >= 15 is 0 Å². The molecule has 3 N–H and O–H groups in total. The number of carboxylic acid groups (broad SMARTS) is 1. The zero-order valence-electron chi connectivity index (χ0n) is 12.4. The van der Waals surface area contributed by atoms with Gasteiger partial charge in [-0.2, -0.15) is 0 Å². The van der Waals surface area contributed by atoms with E-state index in [1.54, 1.807) is 0 Å². The number of hydrogen-bond donors (Lipinski definition) is 2. The van der Waals surface area contributed by atoms with Gasteiger partial charge in [0.15, 0.2) is 0 Å². The van der Waals surface area contributed by atoms with Crippen LogP contribution in [0.5, 0.6) is 0 Å². The van der Waals surface area contributed by atoms with Gasteiger partial charge in [-0.05, 0) is 17.5 Å². The summed E-state index contributed by atoms with van der Waals surface area (Å²) in [5.41, 5.74) is 8.42. The molecule has 112 valence electrons. The molecule has 0 heterocycles. The van der Waals surface area contributed by atoms with E-state index < -0.39 is 5.97 Å². The number of rotatable bonds is 5. The standard InChI is InChI=1S/C13H13N.C5H10O2/c14-13(11-7-3-1-4-8-11)12-9-5-2-6-10-12;1-2-3-4-5(6)7/h1-10,13H,14H2;2-4H2,1H3,(H,6,7). The number of carboxylic acids is 1. The first-order valence-corrected chi connectivity index (χ1v) is 7.22. The molecule has 0 fully saturated rings. The van der Waals surface area contributed by atoms with E-state index in [2.05, 4.69) is 24.3 Å². The average molecular weight is 285 g/mol. The number of benzene rings is 2. The van der Waals surface area contributed by atoms with Crippen molar-refractivity contribution >= 4 is 5.97 Å². The Balaban J connectivity index is 0.000000270. The Morgan fingerprint density at radius 2 is 1.43 bits per heavy atom. The first-order chi connectivity index (χ1) is 10.1. The van der Waals surface area contributed by atoms with Gasteiger partial charge in [0.1, 0.15) is 0 Å². The monoisotopic (exact) mass is 285 g/mol. The van der Waals surface area contributed by atoms with Gasteiger partial charge in [0.25, 0.3) is 0 Å². The van der Waals surface area contributed by atoms with Crippen LogP contribution in [0.2, 0.25) is 0 Å². The number of aliphatic carboxylic acids is 1. The summed E-state index contributed by atoms with van der Waals surface area (Å²) < 4.78 is 0. The van der Waals surface area contributed by atoms with Crippen molar-refractivity contribution < 1.29 is 9.90 Å². The van der Waals surface area contributed by atoms with Crippen LogP contribution >= 0.6 is 0 Å². The van der Waals surface area contributed by atoms with E-state index in [-0.39, 0.29) is 6.04 Å². The highest BCUT2D eigenvalue weighted by Gasteiger charge is 2.06. The van der Waals surface area contributed by atoms with Crippen molar-refractivity contribution in [1.82, 2.24) is 0 Å². The molecule has 3 nitrogen and oxygen atoms in total. The molecule has 21 heavy (non-hydrogen) atoms. The first-order valence-electron chi connectivity index (χ1n) is 7.22. The number of nitrogens with two attached hydrogens (primary N) is 1. The summed E-state index contributed by atoms with van der Waals surface area (Å²) in [7, 11) is 0. The van der Waals surface area contributed by atoms with Gasteiger partial charge in [0.2, 0.25) is 0 Å². The molecule has 0 aliphatic carbocycles. The lowest BCUT2D eigenvalue weighted by Crippen LogP contribution is -2.11. The summed E-state index contributed by atoms with van der Waals surface area (Å²) in [4.78, 5) is 9.76. The maximum atomic E-state index is 9.76. The zero-order valence-corrected chi connectivity index (χ0v) is 12.4. The summed E-state index contributed by atoms with van der Waals surface area (Å²) >= 11 is 0. The molecule has 0 aliphatic heterocycles. The molecule has 0 aromatic heterocycles. The summed E-state index contributed by atoms with van der Waals surface area (Å²) in [6.07, 6.45) is 2.08. The van der Waals surface area contributed by atoms with Crippen LogP contribution in [-0.4, -0.2) is 11.1 Å². The Labute approximate surface area is 126 Å². The van der Waals surface area contributed by atoms with Crippen molar-refractivity contribution in [1.29, 1.82) is 0 Å². The molecule has 0 bridgehead atoms. The van der Waals surface area contributed by atoms with Crippen LogP contribution in [0.1, 0.15) is 43.4 Å². The van der Waals surface area contributed by atoms with E-state index in [1.807, 2.05) is 43.3 Å². The Morgan fingerprint density at radius 3 is 1.71 bits per heavy atom. The maximum absolute atomic E-state index is 9.76. The second kappa shape index (κ2) is 9.72. The molecule has 0 unspecified atom stereocenters. The highest BCUT2D eigenvalue weighted by Crippen LogP contribution is 2.18. The quantitative estimate of drug-likeness (QED) is 0.873. The molecule has 0 saturated heterocycles. The third-order valence-corrected chi connectivity index (χ3v) is 3.06. The van der Waals surface area contributed by atoms with Gasteiger partial charge in [0, 0.05) is 6.42 Å². The summed E-state index contributed by atoms with van der Waals surface area (Å²) in [5, 5.41) is 8.04. The predicted molar refractivity (Wildman–Crippen MR) is 86.1 cm³/mol. The van der Waals surface area contributed by atoms with Gasteiger partial charge in [0.05, 0.1) is 6.04 Å². The van der Waals surface area contributed by atoms with Crippen LogP contribution in [0.4, 0.5) is 0 Å². The molecule has 2 aromatic carbocycles. The van der Waals surface area contributed by atoms with E-state index in [9.17, 15) is 4.79 Å². The van der Waals surface area contributed by atoms with E-state index in [4.69, 9.17) is 10.8 Å². The summed E-state index contributed by atoms with van der Waals surface area (Å²) in [6.45, 7) is 1.98. The van der Waals surface area contributed by atoms with Crippen LogP contribution in [0.15, 0.2) is 60.7 Å². The minimum atomic E-state index is -0.693. The minimum Gasteiger partial charge on any atom is -0.481 e. The lowest BCUT2D eigenvalue weighted by Gasteiger charge is -2.11. The highest BCUT2D eigenvalue weighted by atomic mass is 16.4. The number of carbonyl (C=O) groups is 1. The zero-order chi connectivity index (χ0) is 15.5. The second-order valence-electron chi connectivity index (χ2n) is 4.80. The third-order valence-electron chi connectivity index (χ3n) is 3.06. The van der Waals surface area contributed by atoms with Crippen molar-refractivity contribution in [2.24, 2.45) is 5.73 Å². The maximum Gasteiger partial charge on any atom is 0.303 e. The fourth-order valence-electron chi connectivity index (χ4n) is 1.84. The Bertz CT molecular complexity index is 472. The predicted octanol–water partition coefficient (Wildman–Crippen LogP) is 4.00. The Hall–Kier alpha value is -2.13. The fourth-order valence-corrected chi connectivity index (χ4v) is 1.84. The molecule has 0 atom stereocenters. The first kappa shape index (κ1) is 16.9. The Morgan fingerprint density at radius 1 is 1.00 bits per heavy atom. The lowest BCUT2D eigenvalue weighted by atomic mass is 10.00. The summed E-state index contributed by atoms with van der Waals surface area (Å²) in [6, 6.07) is 20.2. The van der Waals surface area contributed by atoms with Crippen molar-refractivity contribution in [2.45, 2.75) is 32.2 Å². The van der Waals surface area contributed by atoms with Crippen molar-refractivity contribution in [3.05, 3.63) is 71.8 Å². The van der Waals surface area contributed by atoms with Crippen molar-refractivity contribution in [3.8, 4) is 0 Å². The van der Waals surface area contributed by atoms with Crippen LogP contribution < -0.4 is 5.73 Å².